The third kappa shape index (κ3) is 6.85. The zero-order chi connectivity index (χ0) is 17.2. The minimum absolute atomic E-state index is 0.738. The molecule has 2 heteroatoms. The van der Waals surface area contributed by atoms with Crippen molar-refractivity contribution in [3.8, 4) is 0 Å². The molecule has 0 aliphatic carbocycles. The van der Waals surface area contributed by atoms with Crippen molar-refractivity contribution in [3.63, 3.8) is 0 Å². The van der Waals surface area contributed by atoms with Crippen molar-refractivity contribution < 1.29 is 0 Å². The number of nitrogens with zero attached hydrogens (tertiary/aromatic N) is 1. The summed E-state index contributed by atoms with van der Waals surface area (Å²) < 4.78 is 0. The van der Waals surface area contributed by atoms with Crippen molar-refractivity contribution in [1.29, 1.82) is 0 Å². The van der Waals surface area contributed by atoms with Crippen LogP contribution in [0.4, 0.5) is 11.4 Å². The normalized spacial score (nSPS) is 13.8. The molecule has 1 rings (SSSR count). The van der Waals surface area contributed by atoms with Crippen molar-refractivity contribution in [3.05, 3.63) is 23.8 Å². The Balaban J connectivity index is 2.88. The van der Waals surface area contributed by atoms with Gasteiger partial charge in [-0.05, 0) is 55.4 Å². The molecule has 2 atom stereocenters. The van der Waals surface area contributed by atoms with Crippen LogP contribution in [0.15, 0.2) is 18.2 Å². The molecule has 1 aromatic carbocycles. The first-order valence-electron chi connectivity index (χ1n) is 9.62. The summed E-state index contributed by atoms with van der Waals surface area (Å²) in [5.41, 5.74) is 9.44. The standard InChI is InChI=1S/C21H38N2/c1-6-9-11-19(8-3)16-23(15-17(4)10-7-2)20-12-13-21(22)18(5)14-20/h12-14,17,19H,6-11,15-16,22H2,1-5H3. The number of aryl methyl sites for hydroxylation is 1. The van der Waals surface area contributed by atoms with Gasteiger partial charge in [-0.3, -0.25) is 0 Å². The maximum Gasteiger partial charge on any atom is 0.0370 e. The fourth-order valence-corrected chi connectivity index (χ4v) is 3.33. The topological polar surface area (TPSA) is 29.3 Å². The highest BCUT2D eigenvalue weighted by molar-refractivity contribution is 5.58. The van der Waals surface area contributed by atoms with E-state index in [1.807, 2.05) is 0 Å². The number of hydrogen-bond donors (Lipinski definition) is 1. The number of nitrogen functional groups attached to an aromatic ring is 1. The molecule has 132 valence electrons. The highest BCUT2D eigenvalue weighted by Crippen LogP contribution is 2.25. The second-order valence-corrected chi connectivity index (χ2v) is 7.26. The molecule has 0 aliphatic rings. The Kier molecular flexibility index (Phi) is 9.13. The lowest BCUT2D eigenvalue weighted by Gasteiger charge is -2.32. The first kappa shape index (κ1) is 19.9. The third-order valence-corrected chi connectivity index (χ3v) is 4.95. The van der Waals surface area contributed by atoms with E-state index in [-0.39, 0.29) is 0 Å². The van der Waals surface area contributed by atoms with Crippen molar-refractivity contribution in [2.45, 2.75) is 73.1 Å². The van der Waals surface area contributed by atoms with Gasteiger partial charge >= 0.3 is 0 Å². The lowest BCUT2D eigenvalue weighted by atomic mass is 9.97. The molecular formula is C21H38N2. The summed E-state index contributed by atoms with van der Waals surface area (Å²) in [5, 5.41) is 0. The fraction of sp³-hybridized carbons (Fsp3) is 0.714. The van der Waals surface area contributed by atoms with E-state index in [0.717, 1.165) is 24.1 Å². The van der Waals surface area contributed by atoms with E-state index < -0.39 is 0 Å². The van der Waals surface area contributed by atoms with Gasteiger partial charge in [0.1, 0.15) is 0 Å². The molecule has 0 radical (unpaired) electrons. The zero-order valence-corrected chi connectivity index (χ0v) is 16.1. The maximum atomic E-state index is 6.01. The highest BCUT2D eigenvalue weighted by Gasteiger charge is 2.16. The molecule has 0 saturated heterocycles. The Hall–Kier alpha value is -1.18. The minimum Gasteiger partial charge on any atom is -0.399 e. The van der Waals surface area contributed by atoms with Crippen LogP contribution in [-0.4, -0.2) is 13.1 Å². The minimum atomic E-state index is 0.738. The first-order chi connectivity index (χ1) is 11.0. The molecule has 0 spiro atoms. The summed E-state index contributed by atoms with van der Waals surface area (Å²) in [7, 11) is 0. The van der Waals surface area contributed by atoms with Gasteiger partial charge in [0.25, 0.3) is 0 Å². The van der Waals surface area contributed by atoms with E-state index in [4.69, 9.17) is 5.73 Å². The monoisotopic (exact) mass is 318 g/mol. The molecule has 2 N–H and O–H groups in total. The van der Waals surface area contributed by atoms with Crippen LogP contribution >= 0.6 is 0 Å². The Labute approximate surface area is 144 Å². The van der Waals surface area contributed by atoms with Gasteiger partial charge in [-0.15, -0.1) is 0 Å². The number of unbranched alkanes of at least 4 members (excludes halogenated alkanes) is 1. The molecule has 0 bridgehead atoms. The average molecular weight is 319 g/mol. The van der Waals surface area contributed by atoms with Crippen molar-refractivity contribution in [2.75, 3.05) is 23.7 Å². The Morgan fingerprint density at radius 1 is 1.04 bits per heavy atom. The zero-order valence-electron chi connectivity index (χ0n) is 16.1. The summed E-state index contributed by atoms with van der Waals surface area (Å²) in [6, 6.07) is 6.53. The number of nitrogens with two attached hydrogens (primary N) is 1. The molecule has 0 amide bonds. The molecule has 23 heavy (non-hydrogen) atoms. The van der Waals surface area contributed by atoms with E-state index in [9.17, 15) is 0 Å². The lowest BCUT2D eigenvalue weighted by molar-refractivity contribution is 0.424. The van der Waals surface area contributed by atoms with Gasteiger partial charge in [-0.25, -0.2) is 0 Å². The molecule has 0 heterocycles. The van der Waals surface area contributed by atoms with E-state index >= 15 is 0 Å². The smallest absolute Gasteiger partial charge is 0.0370 e. The molecular weight excluding hydrogens is 280 g/mol. The highest BCUT2D eigenvalue weighted by atomic mass is 15.1. The van der Waals surface area contributed by atoms with E-state index in [2.05, 4.69) is 57.7 Å². The largest absolute Gasteiger partial charge is 0.399 e. The van der Waals surface area contributed by atoms with Crippen LogP contribution < -0.4 is 10.6 Å². The van der Waals surface area contributed by atoms with Crippen LogP contribution in [0.5, 0.6) is 0 Å². The quantitative estimate of drug-likeness (QED) is 0.504. The number of rotatable bonds is 11. The molecule has 0 fully saturated rings. The maximum absolute atomic E-state index is 6.01. The van der Waals surface area contributed by atoms with Crippen LogP contribution in [0, 0.1) is 18.8 Å². The second-order valence-electron chi connectivity index (χ2n) is 7.26. The third-order valence-electron chi connectivity index (χ3n) is 4.95. The first-order valence-corrected chi connectivity index (χ1v) is 9.62. The van der Waals surface area contributed by atoms with Crippen molar-refractivity contribution in [1.82, 2.24) is 0 Å². The van der Waals surface area contributed by atoms with E-state index in [1.165, 1.54) is 56.3 Å². The summed E-state index contributed by atoms with van der Waals surface area (Å²) >= 11 is 0. The Bertz CT molecular complexity index is 441. The van der Waals surface area contributed by atoms with Gasteiger partial charge in [0.2, 0.25) is 0 Å². The van der Waals surface area contributed by atoms with Crippen LogP contribution in [0.1, 0.15) is 71.8 Å². The van der Waals surface area contributed by atoms with Crippen LogP contribution in [0.25, 0.3) is 0 Å². The molecule has 1 aromatic rings. The van der Waals surface area contributed by atoms with E-state index in [1.54, 1.807) is 0 Å². The second kappa shape index (κ2) is 10.6. The summed E-state index contributed by atoms with van der Waals surface area (Å²) in [6.45, 7) is 13.7. The number of anilines is 2. The molecule has 2 nitrogen and oxygen atoms in total. The number of hydrogen-bond acceptors (Lipinski definition) is 2. The van der Waals surface area contributed by atoms with E-state index in [0.29, 0.717) is 0 Å². The lowest BCUT2D eigenvalue weighted by Crippen LogP contribution is -2.33. The Morgan fingerprint density at radius 3 is 2.35 bits per heavy atom. The SMILES string of the molecule is CCCCC(CC)CN(CC(C)CCC)c1ccc(N)c(C)c1. The van der Waals surface area contributed by atoms with Gasteiger partial charge in [0.15, 0.2) is 0 Å². The summed E-state index contributed by atoms with van der Waals surface area (Å²) in [4.78, 5) is 2.61. The summed E-state index contributed by atoms with van der Waals surface area (Å²) in [6.07, 6.45) is 7.83. The molecule has 0 aliphatic heterocycles. The van der Waals surface area contributed by atoms with Gasteiger partial charge in [-0.2, -0.15) is 0 Å². The van der Waals surface area contributed by atoms with Gasteiger partial charge in [0, 0.05) is 24.5 Å². The number of benzene rings is 1. The Morgan fingerprint density at radius 2 is 1.78 bits per heavy atom. The molecule has 0 aromatic heterocycles. The van der Waals surface area contributed by atoms with Crippen LogP contribution in [0.3, 0.4) is 0 Å². The molecule has 2 unspecified atom stereocenters. The van der Waals surface area contributed by atoms with Gasteiger partial charge in [-0.1, -0.05) is 53.4 Å². The predicted molar refractivity (Wildman–Crippen MR) is 105 cm³/mol. The van der Waals surface area contributed by atoms with Gasteiger partial charge in [0.05, 0.1) is 0 Å². The van der Waals surface area contributed by atoms with Crippen LogP contribution in [0.2, 0.25) is 0 Å². The van der Waals surface area contributed by atoms with Gasteiger partial charge < -0.3 is 10.6 Å². The van der Waals surface area contributed by atoms with Crippen molar-refractivity contribution in [2.24, 2.45) is 11.8 Å². The van der Waals surface area contributed by atoms with Crippen molar-refractivity contribution >= 4 is 11.4 Å². The fourth-order valence-electron chi connectivity index (χ4n) is 3.33. The summed E-state index contributed by atoms with van der Waals surface area (Å²) in [5.74, 6) is 1.53. The van der Waals surface area contributed by atoms with Crippen LogP contribution in [-0.2, 0) is 0 Å². The molecule has 0 saturated carbocycles. The predicted octanol–water partition coefficient (Wildman–Crippen LogP) is 6.04. The average Bonchev–Trinajstić information content (AvgIpc) is 2.53.